The quantitative estimate of drug-likeness (QED) is 0.744. The third kappa shape index (κ3) is 3.94. The number of piperazine rings is 1. The first kappa shape index (κ1) is 13.3. The second-order valence-electron chi connectivity index (χ2n) is 5.59. The molecular formula is C14H28N2O. The number of ether oxygens (including phenoxy) is 1. The smallest absolute Gasteiger partial charge is 0.0478 e. The second kappa shape index (κ2) is 6.72. The number of nitrogens with one attached hydrogen (secondary N) is 1. The predicted octanol–water partition coefficient (Wildman–Crippen LogP) is 2.02. The van der Waals surface area contributed by atoms with E-state index in [0.717, 1.165) is 13.2 Å². The fourth-order valence-electron chi connectivity index (χ4n) is 3.33. The number of hydrogen-bond acceptors (Lipinski definition) is 3. The fourth-order valence-corrected chi connectivity index (χ4v) is 3.33. The third-order valence-corrected chi connectivity index (χ3v) is 4.23. The summed E-state index contributed by atoms with van der Waals surface area (Å²) in [5.74, 6) is 0. The molecule has 0 unspecified atom stereocenters. The highest BCUT2D eigenvalue weighted by molar-refractivity contribution is 4.96. The summed E-state index contributed by atoms with van der Waals surface area (Å²) in [6.45, 7) is 8.71. The van der Waals surface area contributed by atoms with Gasteiger partial charge in [-0.15, -0.1) is 0 Å². The molecule has 2 rings (SSSR count). The van der Waals surface area contributed by atoms with E-state index in [1.807, 2.05) is 0 Å². The highest BCUT2D eigenvalue weighted by Crippen LogP contribution is 2.30. The summed E-state index contributed by atoms with van der Waals surface area (Å²) >= 11 is 0. The van der Waals surface area contributed by atoms with Crippen LogP contribution in [0.5, 0.6) is 0 Å². The Balaban J connectivity index is 1.72. The van der Waals surface area contributed by atoms with Gasteiger partial charge in [-0.2, -0.15) is 0 Å². The number of nitrogens with zero attached hydrogens (tertiary/aromatic N) is 1. The van der Waals surface area contributed by atoms with Gasteiger partial charge < -0.3 is 15.0 Å². The molecule has 3 heteroatoms. The Bertz CT molecular complexity index is 209. The normalized spacial score (nSPS) is 25.2. The van der Waals surface area contributed by atoms with Gasteiger partial charge in [0.1, 0.15) is 0 Å². The van der Waals surface area contributed by atoms with E-state index in [2.05, 4.69) is 17.1 Å². The van der Waals surface area contributed by atoms with Gasteiger partial charge in [0.2, 0.25) is 0 Å². The minimum Gasteiger partial charge on any atom is -0.382 e. The molecule has 2 fully saturated rings. The molecule has 0 bridgehead atoms. The summed E-state index contributed by atoms with van der Waals surface area (Å²) < 4.78 is 5.42. The minimum atomic E-state index is 0.460. The van der Waals surface area contributed by atoms with Crippen LogP contribution in [0.25, 0.3) is 0 Å². The van der Waals surface area contributed by atoms with Crippen LogP contribution in [0.4, 0.5) is 0 Å². The van der Waals surface area contributed by atoms with Gasteiger partial charge in [0.25, 0.3) is 0 Å². The molecule has 1 saturated carbocycles. The molecular weight excluding hydrogens is 212 g/mol. The summed E-state index contributed by atoms with van der Waals surface area (Å²) in [5.41, 5.74) is 0.460. The maximum Gasteiger partial charge on any atom is 0.0478 e. The van der Waals surface area contributed by atoms with Gasteiger partial charge in [0, 0.05) is 44.9 Å². The van der Waals surface area contributed by atoms with Crippen LogP contribution in [0.2, 0.25) is 0 Å². The van der Waals surface area contributed by atoms with Crippen LogP contribution in [0.1, 0.15) is 45.4 Å². The van der Waals surface area contributed by atoms with Crippen molar-refractivity contribution in [3.8, 4) is 0 Å². The summed E-state index contributed by atoms with van der Waals surface area (Å²) in [5, 5.41) is 3.79. The third-order valence-electron chi connectivity index (χ3n) is 4.23. The van der Waals surface area contributed by atoms with Crippen LogP contribution >= 0.6 is 0 Å². The van der Waals surface area contributed by atoms with E-state index in [1.165, 1.54) is 64.7 Å². The standard InChI is InChI=1S/C14H28N2O/c1-2-17-12-6-10-16-11-9-15-14(13-16)7-4-3-5-8-14/h15H,2-13H2,1H3. The van der Waals surface area contributed by atoms with E-state index >= 15 is 0 Å². The van der Waals surface area contributed by atoms with Crippen molar-refractivity contribution < 1.29 is 4.74 Å². The molecule has 100 valence electrons. The first-order valence-corrected chi connectivity index (χ1v) is 7.40. The fraction of sp³-hybridized carbons (Fsp3) is 1.00. The average Bonchev–Trinajstić information content (AvgIpc) is 2.36. The highest BCUT2D eigenvalue weighted by Gasteiger charge is 2.35. The molecule has 1 spiro atoms. The Morgan fingerprint density at radius 2 is 2.06 bits per heavy atom. The molecule has 0 atom stereocenters. The lowest BCUT2D eigenvalue weighted by Gasteiger charge is -2.46. The lowest BCUT2D eigenvalue weighted by molar-refractivity contribution is 0.0835. The molecule has 2 aliphatic rings. The van der Waals surface area contributed by atoms with Crippen LogP contribution in [0.15, 0.2) is 0 Å². The van der Waals surface area contributed by atoms with E-state index < -0.39 is 0 Å². The first-order chi connectivity index (χ1) is 8.35. The second-order valence-corrected chi connectivity index (χ2v) is 5.59. The molecule has 1 aliphatic carbocycles. The maximum atomic E-state index is 5.42. The van der Waals surface area contributed by atoms with Gasteiger partial charge in [-0.25, -0.2) is 0 Å². The van der Waals surface area contributed by atoms with Crippen molar-refractivity contribution in [2.24, 2.45) is 0 Å². The monoisotopic (exact) mass is 240 g/mol. The van der Waals surface area contributed by atoms with Crippen LogP contribution in [0.3, 0.4) is 0 Å². The van der Waals surface area contributed by atoms with Crippen LogP contribution < -0.4 is 5.32 Å². The molecule has 0 aromatic heterocycles. The number of hydrogen-bond donors (Lipinski definition) is 1. The van der Waals surface area contributed by atoms with Crippen LogP contribution in [-0.2, 0) is 4.74 Å². The van der Waals surface area contributed by atoms with Gasteiger partial charge in [0.05, 0.1) is 0 Å². The van der Waals surface area contributed by atoms with Crippen LogP contribution in [0, 0.1) is 0 Å². The molecule has 0 radical (unpaired) electrons. The molecule has 0 aromatic rings. The number of rotatable bonds is 5. The zero-order chi connectivity index (χ0) is 12.0. The van der Waals surface area contributed by atoms with Crippen molar-refractivity contribution in [2.45, 2.75) is 51.0 Å². The van der Waals surface area contributed by atoms with Crippen molar-refractivity contribution in [3.05, 3.63) is 0 Å². The first-order valence-electron chi connectivity index (χ1n) is 7.40. The molecule has 17 heavy (non-hydrogen) atoms. The summed E-state index contributed by atoms with van der Waals surface area (Å²) in [6.07, 6.45) is 8.22. The van der Waals surface area contributed by atoms with Gasteiger partial charge in [0.15, 0.2) is 0 Å². The largest absolute Gasteiger partial charge is 0.382 e. The van der Waals surface area contributed by atoms with E-state index in [0.29, 0.717) is 5.54 Å². The molecule has 1 N–H and O–H groups in total. The Labute approximate surface area is 106 Å². The summed E-state index contributed by atoms with van der Waals surface area (Å²) in [4.78, 5) is 2.64. The van der Waals surface area contributed by atoms with Crippen molar-refractivity contribution in [3.63, 3.8) is 0 Å². The van der Waals surface area contributed by atoms with E-state index in [9.17, 15) is 0 Å². The van der Waals surface area contributed by atoms with Crippen molar-refractivity contribution in [1.29, 1.82) is 0 Å². The summed E-state index contributed by atoms with van der Waals surface area (Å²) in [7, 11) is 0. The van der Waals surface area contributed by atoms with Gasteiger partial charge in [-0.3, -0.25) is 0 Å². The lowest BCUT2D eigenvalue weighted by atomic mass is 9.80. The Morgan fingerprint density at radius 1 is 1.24 bits per heavy atom. The molecule has 1 aliphatic heterocycles. The predicted molar refractivity (Wildman–Crippen MR) is 71.4 cm³/mol. The Kier molecular flexibility index (Phi) is 5.26. The molecule has 0 aromatic carbocycles. The van der Waals surface area contributed by atoms with Crippen molar-refractivity contribution >= 4 is 0 Å². The SMILES string of the molecule is CCOCCCN1CCNC2(CCCCC2)C1. The molecule has 1 saturated heterocycles. The Morgan fingerprint density at radius 3 is 2.82 bits per heavy atom. The lowest BCUT2D eigenvalue weighted by Crippen LogP contribution is -2.61. The summed E-state index contributed by atoms with van der Waals surface area (Å²) in [6, 6.07) is 0. The minimum absolute atomic E-state index is 0.460. The van der Waals surface area contributed by atoms with E-state index in [-0.39, 0.29) is 0 Å². The average molecular weight is 240 g/mol. The van der Waals surface area contributed by atoms with Crippen LogP contribution in [-0.4, -0.2) is 49.8 Å². The van der Waals surface area contributed by atoms with Gasteiger partial charge in [-0.1, -0.05) is 19.3 Å². The van der Waals surface area contributed by atoms with Crippen molar-refractivity contribution in [1.82, 2.24) is 10.2 Å². The topological polar surface area (TPSA) is 24.5 Å². The van der Waals surface area contributed by atoms with Crippen molar-refractivity contribution in [2.75, 3.05) is 39.4 Å². The molecule has 0 amide bonds. The highest BCUT2D eigenvalue weighted by atomic mass is 16.5. The molecule has 3 nitrogen and oxygen atoms in total. The van der Waals surface area contributed by atoms with Gasteiger partial charge in [-0.05, 0) is 26.2 Å². The Hall–Kier alpha value is -0.120. The zero-order valence-corrected chi connectivity index (χ0v) is 11.3. The maximum absolute atomic E-state index is 5.42. The molecule has 1 heterocycles. The van der Waals surface area contributed by atoms with E-state index in [1.54, 1.807) is 0 Å². The van der Waals surface area contributed by atoms with Gasteiger partial charge >= 0.3 is 0 Å². The van der Waals surface area contributed by atoms with E-state index in [4.69, 9.17) is 4.74 Å². The zero-order valence-electron chi connectivity index (χ0n) is 11.3.